The van der Waals surface area contributed by atoms with Gasteiger partial charge in [-0.3, -0.25) is 4.90 Å². The minimum atomic E-state index is 0.923. The van der Waals surface area contributed by atoms with Gasteiger partial charge in [0.05, 0.1) is 18.0 Å². The third-order valence-electron chi connectivity index (χ3n) is 2.78. The molecule has 0 spiro atoms. The van der Waals surface area contributed by atoms with E-state index in [9.17, 15) is 0 Å². The van der Waals surface area contributed by atoms with Crippen LogP contribution in [0.2, 0.25) is 0 Å². The molecule has 0 aliphatic rings. The summed E-state index contributed by atoms with van der Waals surface area (Å²) in [6.45, 7) is 2.99. The number of hydrogen-bond donors (Lipinski definition) is 1. The number of hydrogen-bond acceptors (Lipinski definition) is 4. The lowest BCUT2D eigenvalue weighted by Crippen LogP contribution is -2.38. The van der Waals surface area contributed by atoms with Crippen molar-refractivity contribution in [1.29, 1.82) is 0 Å². The van der Waals surface area contributed by atoms with Crippen molar-refractivity contribution in [1.82, 2.24) is 9.80 Å². The molecule has 0 bridgehead atoms. The van der Waals surface area contributed by atoms with E-state index < -0.39 is 0 Å². The summed E-state index contributed by atoms with van der Waals surface area (Å²) in [6, 6.07) is 8.45. The number of benzene rings is 1. The average Bonchev–Trinajstić information content (AvgIpc) is 2.33. The lowest BCUT2D eigenvalue weighted by molar-refractivity contribution is 0.370. The van der Waals surface area contributed by atoms with Gasteiger partial charge >= 0.3 is 0 Å². The Labute approximate surface area is 111 Å². The molecule has 0 heterocycles. The zero-order valence-electron chi connectivity index (χ0n) is 12.3. The fourth-order valence-corrected chi connectivity index (χ4v) is 1.89. The van der Waals surface area contributed by atoms with Gasteiger partial charge in [-0.05, 0) is 40.3 Å². The molecule has 102 valence electrons. The molecule has 4 heteroatoms. The maximum atomic E-state index is 3.26. The number of nitrogens with zero attached hydrogens (tertiary/aromatic N) is 3. The molecule has 0 amide bonds. The SMILES string of the molecule is CNc1ccccc1N(CCN(C)C)CN(C)C. The van der Waals surface area contributed by atoms with Gasteiger partial charge in [-0.25, -0.2) is 0 Å². The van der Waals surface area contributed by atoms with E-state index in [0.29, 0.717) is 0 Å². The summed E-state index contributed by atoms with van der Waals surface area (Å²) in [7, 11) is 10.4. The molecule has 1 aromatic rings. The zero-order chi connectivity index (χ0) is 13.5. The number of para-hydroxylation sites is 2. The Balaban J connectivity index is 2.86. The first-order valence-corrected chi connectivity index (χ1v) is 6.35. The molecule has 0 aliphatic carbocycles. The van der Waals surface area contributed by atoms with Crippen LogP contribution < -0.4 is 10.2 Å². The first kappa shape index (κ1) is 14.8. The van der Waals surface area contributed by atoms with Gasteiger partial charge in [0.15, 0.2) is 0 Å². The second-order valence-corrected chi connectivity index (χ2v) is 5.05. The largest absolute Gasteiger partial charge is 0.386 e. The van der Waals surface area contributed by atoms with Gasteiger partial charge < -0.3 is 15.1 Å². The predicted octanol–water partition coefficient (Wildman–Crippen LogP) is 1.62. The molecule has 4 nitrogen and oxygen atoms in total. The molecule has 1 N–H and O–H groups in total. The topological polar surface area (TPSA) is 21.8 Å². The van der Waals surface area contributed by atoms with Gasteiger partial charge in [0.1, 0.15) is 0 Å². The second-order valence-electron chi connectivity index (χ2n) is 5.05. The molecule has 0 aliphatic heterocycles. The molecule has 1 aromatic carbocycles. The molecular weight excluding hydrogens is 224 g/mol. The van der Waals surface area contributed by atoms with Gasteiger partial charge in [0, 0.05) is 20.1 Å². The van der Waals surface area contributed by atoms with Crippen molar-refractivity contribution in [2.24, 2.45) is 0 Å². The Morgan fingerprint density at radius 2 is 1.61 bits per heavy atom. The minimum absolute atomic E-state index is 0.923. The van der Waals surface area contributed by atoms with Crippen LogP contribution in [0.25, 0.3) is 0 Å². The van der Waals surface area contributed by atoms with Crippen molar-refractivity contribution in [3.8, 4) is 0 Å². The van der Waals surface area contributed by atoms with Crippen molar-refractivity contribution in [3.05, 3.63) is 24.3 Å². The zero-order valence-corrected chi connectivity index (χ0v) is 12.3. The van der Waals surface area contributed by atoms with E-state index in [4.69, 9.17) is 0 Å². The molecule has 0 radical (unpaired) electrons. The van der Waals surface area contributed by atoms with E-state index >= 15 is 0 Å². The van der Waals surface area contributed by atoms with E-state index in [-0.39, 0.29) is 0 Å². The molecule has 18 heavy (non-hydrogen) atoms. The van der Waals surface area contributed by atoms with Crippen LogP contribution in [0, 0.1) is 0 Å². The van der Waals surface area contributed by atoms with Crippen molar-refractivity contribution in [3.63, 3.8) is 0 Å². The van der Waals surface area contributed by atoms with Crippen LogP contribution in [0.1, 0.15) is 0 Å². The summed E-state index contributed by atoms with van der Waals surface area (Å²) in [5, 5.41) is 3.26. The Kier molecular flexibility index (Phi) is 5.95. The summed E-state index contributed by atoms with van der Waals surface area (Å²) in [4.78, 5) is 6.80. The van der Waals surface area contributed by atoms with E-state index in [0.717, 1.165) is 19.8 Å². The molecule has 0 fully saturated rings. The third-order valence-corrected chi connectivity index (χ3v) is 2.78. The normalized spacial score (nSPS) is 11.1. The number of rotatable bonds is 7. The first-order valence-electron chi connectivity index (χ1n) is 6.35. The lowest BCUT2D eigenvalue weighted by Gasteiger charge is -2.30. The maximum absolute atomic E-state index is 3.26. The standard InChI is InChI=1S/C14H26N4/c1-15-13-8-6-7-9-14(13)18(12-17(4)5)11-10-16(2)3/h6-9,15H,10-12H2,1-5H3. The van der Waals surface area contributed by atoms with Gasteiger partial charge in [-0.15, -0.1) is 0 Å². The fraction of sp³-hybridized carbons (Fsp3) is 0.571. The highest BCUT2D eigenvalue weighted by Gasteiger charge is 2.11. The Morgan fingerprint density at radius 1 is 0.944 bits per heavy atom. The van der Waals surface area contributed by atoms with E-state index in [1.165, 1.54) is 11.4 Å². The number of nitrogens with one attached hydrogen (secondary N) is 1. The summed E-state index contributed by atoms with van der Waals surface area (Å²) in [6.07, 6.45) is 0. The lowest BCUT2D eigenvalue weighted by atomic mass is 10.2. The first-order chi connectivity index (χ1) is 8.54. The second kappa shape index (κ2) is 7.24. The van der Waals surface area contributed by atoms with Gasteiger partial charge in [0.25, 0.3) is 0 Å². The molecule has 0 saturated carbocycles. The van der Waals surface area contributed by atoms with Crippen molar-refractivity contribution in [2.75, 3.05) is 65.2 Å². The smallest absolute Gasteiger partial charge is 0.0703 e. The van der Waals surface area contributed by atoms with E-state index in [1.807, 2.05) is 7.05 Å². The van der Waals surface area contributed by atoms with Crippen LogP contribution in [-0.4, -0.2) is 64.8 Å². The van der Waals surface area contributed by atoms with Crippen LogP contribution in [0.5, 0.6) is 0 Å². The van der Waals surface area contributed by atoms with Crippen LogP contribution >= 0.6 is 0 Å². The van der Waals surface area contributed by atoms with Gasteiger partial charge in [0.2, 0.25) is 0 Å². The molecule has 0 unspecified atom stereocenters. The van der Waals surface area contributed by atoms with Crippen LogP contribution in [-0.2, 0) is 0 Å². The highest BCUT2D eigenvalue weighted by Crippen LogP contribution is 2.24. The third kappa shape index (κ3) is 4.55. The predicted molar refractivity (Wildman–Crippen MR) is 80.4 cm³/mol. The summed E-state index contributed by atoms with van der Waals surface area (Å²) in [5.74, 6) is 0. The molecule has 0 atom stereocenters. The summed E-state index contributed by atoms with van der Waals surface area (Å²) >= 11 is 0. The van der Waals surface area contributed by atoms with Crippen LogP contribution in [0.3, 0.4) is 0 Å². The van der Waals surface area contributed by atoms with E-state index in [1.54, 1.807) is 0 Å². The number of likely N-dealkylation sites (N-methyl/N-ethyl adjacent to an activating group) is 1. The maximum Gasteiger partial charge on any atom is 0.0703 e. The monoisotopic (exact) mass is 250 g/mol. The van der Waals surface area contributed by atoms with E-state index in [2.05, 4.69) is 72.5 Å². The molecule has 0 aromatic heterocycles. The molecule has 1 rings (SSSR count). The minimum Gasteiger partial charge on any atom is -0.386 e. The van der Waals surface area contributed by atoms with Crippen molar-refractivity contribution < 1.29 is 0 Å². The highest BCUT2D eigenvalue weighted by molar-refractivity contribution is 5.69. The Morgan fingerprint density at radius 3 is 2.17 bits per heavy atom. The van der Waals surface area contributed by atoms with Crippen LogP contribution in [0.15, 0.2) is 24.3 Å². The molecular formula is C14H26N4. The quantitative estimate of drug-likeness (QED) is 0.742. The summed E-state index contributed by atoms with van der Waals surface area (Å²) < 4.78 is 0. The Hall–Kier alpha value is -1.26. The average molecular weight is 250 g/mol. The molecule has 0 saturated heterocycles. The van der Waals surface area contributed by atoms with Crippen molar-refractivity contribution in [2.45, 2.75) is 0 Å². The van der Waals surface area contributed by atoms with Gasteiger partial charge in [-0.2, -0.15) is 0 Å². The summed E-state index contributed by atoms with van der Waals surface area (Å²) in [5.41, 5.74) is 2.44. The fourth-order valence-electron chi connectivity index (χ4n) is 1.89. The van der Waals surface area contributed by atoms with Crippen LogP contribution in [0.4, 0.5) is 11.4 Å². The number of anilines is 2. The highest BCUT2D eigenvalue weighted by atomic mass is 15.3. The van der Waals surface area contributed by atoms with Gasteiger partial charge in [-0.1, -0.05) is 12.1 Å². The van der Waals surface area contributed by atoms with Crippen molar-refractivity contribution >= 4 is 11.4 Å². The Bertz CT molecular complexity index is 349.